The molecule has 4 nitrogen and oxygen atoms in total. The first-order valence-electron chi connectivity index (χ1n) is 6.79. The third-order valence-electron chi connectivity index (χ3n) is 3.23. The van der Waals surface area contributed by atoms with Gasteiger partial charge in [-0.25, -0.2) is 0 Å². The van der Waals surface area contributed by atoms with Crippen LogP contribution in [0, 0.1) is 0 Å². The number of carbonyl (C=O) groups excluding carboxylic acids is 1. The molecule has 1 aromatic carbocycles. The standard InChI is InChI=1S/C15H22N2O2/c1-4-16-13-7-5-12(6-8-13)14(18)17-9-10-19-15(2,3)11-17/h5-8,16H,4,9-11H2,1-3H3. The lowest BCUT2D eigenvalue weighted by atomic mass is 10.1. The molecule has 1 aliphatic rings. The Hall–Kier alpha value is -1.55. The van der Waals surface area contributed by atoms with E-state index in [0.717, 1.165) is 17.8 Å². The van der Waals surface area contributed by atoms with Gasteiger partial charge in [-0.3, -0.25) is 4.79 Å². The minimum atomic E-state index is -0.252. The molecule has 1 N–H and O–H groups in total. The summed E-state index contributed by atoms with van der Waals surface area (Å²) in [5, 5.41) is 3.22. The molecule has 0 bridgehead atoms. The van der Waals surface area contributed by atoms with Crippen molar-refractivity contribution < 1.29 is 9.53 Å². The van der Waals surface area contributed by atoms with Gasteiger partial charge in [0.05, 0.1) is 12.2 Å². The smallest absolute Gasteiger partial charge is 0.254 e. The molecule has 1 heterocycles. The van der Waals surface area contributed by atoms with Gasteiger partial charge in [-0.15, -0.1) is 0 Å². The Labute approximate surface area is 114 Å². The van der Waals surface area contributed by atoms with Crippen LogP contribution in [-0.4, -0.2) is 42.6 Å². The molecular formula is C15H22N2O2. The molecule has 1 saturated heterocycles. The maximum Gasteiger partial charge on any atom is 0.254 e. The Morgan fingerprint density at radius 3 is 2.63 bits per heavy atom. The number of morpholine rings is 1. The summed E-state index contributed by atoms with van der Waals surface area (Å²) in [6, 6.07) is 7.65. The molecule has 0 aromatic heterocycles. The fourth-order valence-corrected chi connectivity index (χ4v) is 2.31. The number of nitrogens with zero attached hydrogens (tertiary/aromatic N) is 1. The number of amides is 1. The molecule has 1 amide bonds. The number of rotatable bonds is 3. The zero-order chi connectivity index (χ0) is 13.9. The Balaban J connectivity index is 2.06. The van der Waals surface area contributed by atoms with E-state index in [2.05, 4.69) is 12.2 Å². The molecule has 2 rings (SSSR count). The van der Waals surface area contributed by atoms with Crippen LogP contribution >= 0.6 is 0 Å². The third-order valence-corrected chi connectivity index (χ3v) is 3.23. The summed E-state index contributed by atoms with van der Waals surface area (Å²) in [6.07, 6.45) is 0. The molecule has 0 spiro atoms. The van der Waals surface area contributed by atoms with Crippen molar-refractivity contribution in [2.24, 2.45) is 0 Å². The zero-order valence-corrected chi connectivity index (χ0v) is 11.9. The van der Waals surface area contributed by atoms with E-state index in [1.807, 2.05) is 43.0 Å². The highest BCUT2D eigenvalue weighted by Gasteiger charge is 2.30. The van der Waals surface area contributed by atoms with E-state index in [1.54, 1.807) is 0 Å². The van der Waals surface area contributed by atoms with E-state index < -0.39 is 0 Å². The molecule has 1 fully saturated rings. The van der Waals surface area contributed by atoms with Crippen molar-refractivity contribution in [3.8, 4) is 0 Å². The largest absolute Gasteiger partial charge is 0.385 e. The van der Waals surface area contributed by atoms with E-state index in [-0.39, 0.29) is 11.5 Å². The van der Waals surface area contributed by atoms with Gasteiger partial charge in [0.25, 0.3) is 5.91 Å². The van der Waals surface area contributed by atoms with Gasteiger partial charge in [0.2, 0.25) is 0 Å². The van der Waals surface area contributed by atoms with Crippen LogP contribution in [0.5, 0.6) is 0 Å². The highest BCUT2D eigenvalue weighted by molar-refractivity contribution is 5.94. The summed E-state index contributed by atoms with van der Waals surface area (Å²) < 4.78 is 5.63. The summed E-state index contributed by atoms with van der Waals surface area (Å²) in [6.45, 7) is 8.87. The summed E-state index contributed by atoms with van der Waals surface area (Å²) in [5.74, 6) is 0.0828. The van der Waals surface area contributed by atoms with Crippen molar-refractivity contribution >= 4 is 11.6 Å². The molecular weight excluding hydrogens is 240 g/mol. The molecule has 0 radical (unpaired) electrons. The first-order valence-corrected chi connectivity index (χ1v) is 6.79. The van der Waals surface area contributed by atoms with E-state index in [4.69, 9.17) is 4.74 Å². The van der Waals surface area contributed by atoms with Gasteiger partial charge in [-0.1, -0.05) is 0 Å². The minimum absolute atomic E-state index is 0.0828. The molecule has 0 unspecified atom stereocenters. The molecule has 0 saturated carbocycles. The van der Waals surface area contributed by atoms with Gasteiger partial charge >= 0.3 is 0 Å². The van der Waals surface area contributed by atoms with Gasteiger partial charge in [-0.05, 0) is 45.0 Å². The van der Waals surface area contributed by atoms with Crippen LogP contribution in [0.3, 0.4) is 0 Å². The number of hydrogen-bond acceptors (Lipinski definition) is 3. The van der Waals surface area contributed by atoms with Crippen LogP contribution in [0.15, 0.2) is 24.3 Å². The van der Waals surface area contributed by atoms with Crippen molar-refractivity contribution in [3.05, 3.63) is 29.8 Å². The zero-order valence-electron chi connectivity index (χ0n) is 11.9. The van der Waals surface area contributed by atoms with Gasteiger partial charge in [0.15, 0.2) is 0 Å². The first-order chi connectivity index (χ1) is 9.02. The lowest BCUT2D eigenvalue weighted by molar-refractivity contribution is -0.0764. The minimum Gasteiger partial charge on any atom is -0.385 e. The maximum atomic E-state index is 12.4. The number of benzene rings is 1. The van der Waals surface area contributed by atoms with E-state index in [1.165, 1.54) is 0 Å². The van der Waals surface area contributed by atoms with Crippen LogP contribution in [0.2, 0.25) is 0 Å². The molecule has 19 heavy (non-hydrogen) atoms. The Morgan fingerprint density at radius 1 is 1.37 bits per heavy atom. The van der Waals surface area contributed by atoms with Crippen LogP contribution < -0.4 is 5.32 Å². The van der Waals surface area contributed by atoms with Gasteiger partial charge < -0.3 is 15.0 Å². The van der Waals surface area contributed by atoms with Crippen molar-refractivity contribution in [2.45, 2.75) is 26.4 Å². The molecule has 4 heteroatoms. The second kappa shape index (κ2) is 5.61. The molecule has 0 aliphatic carbocycles. The van der Waals surface area contributed by atoms with E-state index in [9.17, 15) is 4.79 Å². The second-order valence-corrected chi connectivity index (χ2v) is 5.44. The Kier molecular flexibility index (Phi) is 4.10. The average Bonchev–Trinajstić information content (AvgIpc) is 2.38. The monoisotopic (exact) mass is 262 g/mol. The molecule has 1 aliphatic heterocycles. The quantitative estimate of drug-likeness (QED) is 0.909. The fourth-order valence-electron chi connectivity index (χ4n) is 2.31. The number of hydrogen-bond donors (Lipinski definition) is 1. The lowest BCUT2D eigenvalue weighted by Crippen LogP contribution is -2.50. The first kappa shape index (κ1) is 13.9. The topological polar surface area (TPSA) is 41.6 Å². The number of nitrogens with one attached hydrogen (secondary N) is 1. The van der Waals surface area contributed by atoms with E-state index >= 15 is 0 Å². The summed E-state index contributed by atoms with van der Waals surface area (Å²) in [5.41, 5.74) is 1.53. The van der Waals surface area contributed by atoms with Crippen molar-refractivity contribution in [2.75, 3.05) is 31.6 Å². The second-order valence-electron chi connectivity index (χ2n) is 5.44. The number of carbonyl (C=O) groups is 1. The summed E-state index contributed by atoms with van der Waals surface area (Å²) in [7, 11) is 0. The van der Waals surface area contributed by atoms with Crippen molar-refractivity contribution in [1.29, 1.82) is 0 Å². The molecule has 104 valence electrons. The van der Waals surface area contributed by atoms with E-state index in [0.29, 0.717) is 19.7 Å². The number of anilines is 1. The molecule has 0 atom stereocenters. The van der Waals surface area contributed by atoms with Crippen molar-refractivity contribution in [1.82, 2.24) is 4.90 Å². The number of ether oxygens (including phenoxy) is 1. The Bertz CT molecular complexity index is 440. The van der Waals surface area contributed by atoms with Gasteiger partial charge in [0.1, 0.15) is 0 Å². The fraction of sp³-hybridized carbons (Fsp3) is 0.533. The van der Waals surface area contributed by atoms with Gasteiger partial charge in [-0.2, -0.15) is 0 Å². The summed E-state index contributed by atoms with van der Waals surface area (Å²) >= 11 is 0. The van der Waals surface area contributed by atoms with Crippen LogP contribution in [-0.2, 0) is 4.74 Å². The van der Waals surface area contributed by atoms with Crippen LogP contribution in [0.4, 0.5) is 5.69 Å². The van der Waals surface area contributed by atoms with Gasteiger partial charge in [0, 0.05) is 30.9 Å². The lowest BCUT2D eigenvalue weighted by Gasteiger charge is -2.38. The highest BCUT2D eigenvalue weighted by atomic mass is 16.5. The molecule has 1 aromatic rings. The summed E-state index contributed by atoms with van der Waals surface area (Å²) in [4.78, 5) is 14.3. The predicted octanol–water partition coefficient (Wildman–Crippen LogP) is 2.37. The van der Waals surface area contributed by atoms with Crippen LogP contribution in [0.25, 0.3) is 0 Å². The predicted molar refractivity (Wildman–Crippen MR) is 76.5 cm³/mol. The van der Waals surface area contributed by atoms with Crippen molar-refractivity contribution in [3.63, 3.8) is 0 Å². The average molecular weight is 262 g/mol. The Morgan fingerprint density at radius 2 is 2.05 bits per heavy atom. The highest BCUT2D eigenvalue weighted by Crippen LogP contribution is 2.19. The maximum absolute atomic E-state index is 12.4. The van der Waals surface area contributed by atoms with Crippen LogP contribution in [0.1, 0.15) is 31.1 Å². The normalized spacial score (nSPS) is 18.2. The third kappa shape index (κ3) is 3.47. The SMILES string of the molecule is CCNc1ccc(C(=O)N2CCOC(C)(C)C2)cc1.